The van der Waals surface area contributed by atoms with Crippen molar-refractivity contribution in [3.05, 3.63) is 65.6 Å². The first-order valence-corrected chi connectivity index (χ1v) is 12.1. The lowest BCUT2D eigenvalue weighted by atomic mass is 10.1. The van der Waals surface area contributed by atoms with Gasteiger partial charge in [0.25, 0.3) is 0 Å². The molecule has 0 bridgehead atoms. The molecule has 5 rings (SSSR count). The van der Waals surface area contributed by atoms with Gasteiger partial charge in [-0.3, -0.25) is 4.98 Å². The van der Waals surface area contributed by atoms with E-state index in [-0.39, 0.29) is 11.4 Å². The maximum Gasteiger partial charge on any atom is 0.243 e. The van der Waals surface area contributed by atoms with Gasteiger partial charge < -0.3 is 9.64 Å². The Hall–Kier alpha value is -3.39. The molecule has 168 valence electrons. The number of anilines is 1. The lowest BCUT2D eigenvalue weighted by molar-refractivity contribution is 0.122. The third kappa shape index (κ3) is 4.18. The van der Waals surface area contributed by atoms with Crippen LogP contribution in [0.1, 0.15) is 16.8 Å². The van der Waals surface area contributed by atoms with Crippen LogP contribution < -0.4 is 4.90 Å². The van der Waals surface area contributed by atoms with Crippen LogP contribution in [0.15, 0.2) is 53.7 Å². The van der Waals surface area contributed by atoms with Crippen molar-refractivity contribution in [1.29, 1.82) is 5.26 Å². The van der Waals surface area contributed by atoms with Crippen molar-refractivity contribution < 1.29 is 13.2 Å². The number of morpholine rings is 1. The maximum atomic E-state index is 13.4. The molecule has 0 N–H and O–H groups in total. The van der Waals surface area contributed by atoms with Crippen molar-refractivity contribution in [1.82, 2.24) is 19.3 Å². The third-order valence-electron chi connectivity index (χ3n) is 5.85. The Kier molecular flexibility index (Phi) is 5.76. The van der Waals surface area contributed by atoms with Gasteiger partial charge in [-0.05, 0) is 30.3 Å². The van der Waals surface area contributed by atoms with Gasteiger partial charge in [-0.2, -0.15) is 9.57 Å². The summed E-state index contributed by atoms with van der Waals surface area (Å²) in [5.74, 6) is 1.36. The summed E-state index contributed by atoms with van der Waals surface area (Å²) in [6.07, 6.45) is 3.89. The molecule has 10 heteroatoms. The number of fused-ring (bicyclic) bond motifs is 1. The van der Waals surface area contributed by atoms with Gasteiger partial charge in [0.05, 0.1) is 35.4 Å². The van der Waals surface area contributed by atoms with Gasteiger partial charge in [0.1, 0.15) is 5.82 Å². The van der Waals surface area contributed by atoms with Crippen LogP contribution in [0.2, 0.25) is 0 Å². The Bertz CT molecular complexity index is 1320. The van der Waals surface area contributed by atoms with Gasteiger partial charge in [-0.15, -0.1) is 0 Å². The number of nitrogens with zero attached hydrogens (tertiary/aromatic N) is 6. The van der Waals surface area contributed by atoms with Crippen molar-refractivity contribution >= 4 is 15.8 Å². The average molecular weight is 463 g/mol. The summed E-state index contributed by atoms with van der Waals surface area (Å²) in [7, 11) is -3.77. The van der Waals surface area contributed by atoms with Crippen LogP contribution in [-0.2, 0) is 27.7 Å². The molecule has 2 aliphatic rings. The minimum absolute atomic E-state index is 0.118. The van der Waals surface area contributed by atoms with Crippen LogP contribution in [0.3, 0.4) is 0 Å². The van der Waals surface area contributed by atoms with Crippen LogP contribution in [0.25, 0.3) is 11.4 Å². The van der Waals surface area contributed by atoms with Crippen molar-refractivity contribution in [2.45, 2.75) is 17.9 Å². The number of aromatic nitrogens is 3. The SMILES string of the molecule is N#Cc1cccc(S(=O)(=O)N2CCc3nc(-c4ccncc4)nc(N4CCOCC4)c3C2)c1. The molecule has 1 fully saturated rings. The standard InChI is InChI=1S/C23H22N6O3S/c24-15-17-2-1-3-19(14-17)33(30,31)29-9-6-21-20(16-29)23(28-10-12-32-13-11-28)27-22(26-21)18-4-7-25-8-5-18/h1-5,7-8,14H,6,9-13,16H2. The third-order valence-corrected chi connectivity index (χ3v) is 7.69. The molecule has 2 aliphatic heterocycles. The van der Waals surface area contributed by atoms with E-state index in [0.717, 1.165) is 22.6 Å². The molecule has 2 aromatic heterocycles. The molecule has 3 aromatic rings. The summed E-state index contributed by atoms with van der Waals surface area (Å²) in [4.78, 5) is 16.0. The molecule has 0 spiro atoms. The molecule has 0 radical (unpaired) electrons. The van der Waals surface area contributed by atoms with Gasteiger partial charge in [-0.1, -0.05) is 6.07 Å². The number of sulfonamides is 1. The molecule has 0 amide bonds. The number of benzene rings is 1. The first kappa shape index (κ1) is 21.5. The van der Waals surface area contributed by atoms with E-state index in [2.05, 4.69) is 9.88 Å². The van der Waals surface area contributed by atoms with Gasteiger partial charge >= 0.3 is 0 Å². The summed E-state index contributed by atoms with van der Waals surface area (Å²) in [6, 6.07) is 11.9. The molecule has 1 saturated heterocycles. The van der Waals surface area contributed by atoms with Crippen molar-refractivity contribution in [2.24, 2.45) is 0 Å². The Balaban J connectivity index is 1.55. The highest BCUT2D eigenvalue weighted by atomic mass is 32.2. The number of ether oxygens (including phenoxy) is 1. The van der Waals surface area contributed by atoms with Crippen LogP contribution in [0.4, 0.5) is 5.82 Å². The molecule has 4 heterocycles. The van der Waals surface area contributed by atoms with E-state index < -0.39 is 10.0 Å². The molecule has 0 atom stereocenters. The zero-order chi connectivity index (χ0) is 22.8. The summed E-state index contributed by atoms with van der Waals surface area (Å²) >= 11 is 0. The van der Waals surface area contributed by atoms with E-state index in [0.29, 0.717) is 50.7 Å². The number of hydrogen-bond acceptors (Lipinski definition) is 8. The highest BCUT2D eigenvalue weighted by molar-refractivity contribution is 7.89. The first-order valence-electron chi connectivity index (χ1n) is 10.7. The smallest absolute Gasteiger partial charge is 0.243 e. The van der Waals surface area contributed by atoms with E-state index >= 15 is 0 Å². The molecule has 1 aromatic carbocycles. The van der Waals surface area contributed by atoms with Crippen LogP contribution >= 0.6 is 0 Å². The van der Waals surface area contributed by atoms with Gasteiger partial charge in [0.15, 0.2) is 5.82 Å². The van der Waals surface area contributed by atoms with E-state index in [1.807, 2.05) is 18.2 Å². The Morgan fingerprint density at radius 2 is 1.82 bits per heavy atom. The van der Waals surface area contributed by atoms with Gasteiger partial charge in [-0.25, -0.2) is 18.4 Å². The second-order valence-electron chi connectivity index (χ2n) is 7.86. The van der Waals surface area contributed by atoms with E-state index in [1.54, 1.807) is 24.5 Å². The van der Waals surface area contributed by atoms with E-state index in [1.165, 1.54) is 16.4 Å². The Morgan fingerprint density at radius 3 is 2.58 bits per heavy atom. The quantitative estimate of drug-likeness (QED) is 0.579. The van der Waals surface area contributed by atoms with E-state index in [9.17, 15) is 13.7 Å². The average Bonchev–Trinajstić information content (AvgIpc) is 2.88. The number of pyridine rings is 1. The van der Waals surface area contributed by atoms with Crippen LogP contribution in [0.5, 0.6) is 0 Å². The topological polar surface area (TPSA) is 112 Å². The minimum atomic E-state index is -3.77. The van der Waals surface area contributed by atoms with Crippen LogP contribution in [0, 0.1) is 11.3 Å². The molecule has 0 aliphatic carbocycles. The number of rotatable bonds is 4. The fourth-order valence-corrected chi connectivity index (χ4v) is 5.57. The fraction of sp³-hybridized carbons (Fsp3) is 0.304. The molecular formula is C23H22N6O3S. The number of hydrogen-bond donors (Lipinski definition) is 0. The molecule has 33 heavy (non-hydrogen) atoms. The van der Waals surface area contributed by atoms with Gasteiger partial charge in [0, 0.05) is 56.1 Å². The van der Waals surface area contributed by atoms with Crippen molar-refractivity contribution in [2.75, 3.05) is 37.7 Å². The molecule has 0 unspecified atom stereocenters. The predicted octanol–water partition coefficient (Wildman–Crippen LogP) is 1.99. The second kappa shape index (κ2) is 8.86. The molecule has 9 nitrogen and oxygen atoms in total. The second-order valence-corrected chi connectivity index (χ2v) is 9.80. The summed E-state index contributed by atoms with van der Waals surface area (Å²) < 4.78 is 33.7. The zero-order valence-corrected chi connectivity index (χ0v) is 18.7. The molecule has 0 saturated carbocycles. The number of nitriles is 1. The van der Waals surface area contributed by atoms with Crippen molar-refractivity contribution in [3.63, 3.8) is 0 Å². The maximum absolute atomic E-state index is 13.4. The highest BCUT2D eigenvalue weighted by Crippen LogP contribution is 2.32. The predicted molar refractivity (Wildman–Crippen MR) is 121 cm³/mol. The fourth-order valence-electron chi connectivity index (χ4n) is 4.12. The van der Waals surface area contributed by atoms with Crippen LogP contribution in [-0.4, -0.2) is 60.5 Å². The van der Waals surface area contributed by atoms with Crippen molar-refractivity contribution in [3.8, 4) is 17.5 Å². The first-order chi connectivity index (χ1) is 16.1. The minimum Gasteiger partial charge on any atom is -0.378 e. The monoisotopic (exact) mass is 462 g/mol. The summed E-state index contributed by atoms with van der Waals surface area (Å²) in [6.45, 7) is 3.02. The normalized spacial score (nSPS) is 16.8. The lowest BCUT2D eigenvalue weighted by Gasteiger charge is -2.34. The summed E-state index contributed by atoms with van der Waals surface area (Å²) in [5, 5.41) is 9.17. The largest absolute Gasteiger partial charge is 0.378 e. The Morgan fingerprint density at radius 1 is 1.03 bits per heavy atom. The lowest BCUT2D eigenvalue weighted by Crippen LogP contribution is -2.41. The molecular weight excluding hydrogens is 440 g/mol. The summed E-state index contributed by atoms with van der Waals surface area (Å²) in [5.41, 5.74) is 2.86. The Labute approximate surface area is 192 Å². The van der Waals surface area contributed by atoms with Gasteiger partial charge in [0.2, 0.25) is 10.0 Å². The van der Waals surface area contributed by atoms with E-state index in [4.69, 9.17) is 14.7 Å². The zero-order valence-electron chi connectivity index (χ0n) is 17.9. The highest BCUT2D eigenvalue weighted by Gasteiger charge is 2.33.